The number of rotatable bonds is 9. The van der Waals surface area contributed by atoms with Gasteiger partial charge in [-0.1, -0.05) is 11.9 Å². The molecule has 0 radical (unpaired) electrons. The zero-order valence-electron chi connectivity index (χ0n) is 26.3. The molecule has 48 heavy (non-hydrogen) atoms. The minimum atomic E-state index is -4.12. The van der Waals surface area contributed by atoms with E-state index in [1.54, 1.807) is 4.90 Å². The second kappa shape index (κ2) is 13.4. The van der Waals surface area contributed by atoms with Gasteiger partial charge in [-0.05, 0) is 98.0 Å². The molecule has 1 spiro atoms. The molecule has 3 aliphatic rings. The number of hydrogen-bond donors (Lipinski definition) is 7. The molecule has 0 aromatic heterocycles. The Morgan fingerprint density at radius 1 is 1.04 bits per heavy atom. The molecule has 2 fully saturated rings. The highest BCUT2D eigenvalue weighted by atomic mass is 32.2. The first kappa shape index (κ1) is 35.8. The monoisotopic (exact) mass is 692 g/mol. The summed E-state index contributed by atoms with van der Waals surface area (Å²) in [4.78, 5) is 32.4. The molecule has 2 saturated heterocycles. The standard InChI is InChI=1S/C32H38F2N4O9S/c1-19-15-22(27(39)37-10-6-29(41,18-33)7-11-37)16-20(2)23(19)5-14-48-38-12-8-30(9-13-38)28(40)35-26(36-30)21-3-4-24(34)25(17-21)47-32(45,46)31(42,43)44/h3-5,14-17,41-46H,6-13,18H2,1-2H3,(H,35,36,40)/b14-5+. The highest BCUT2D eigenvalue weighted by Gasteiger charge is 2.51. The van der Waals surface area contributed by atoms with Gasteiger partial charge in [-0.3, -0.25) is 14.6 Å². The fourth-order valence-electron chi connectivity index (χ4n) is 5.89. The van der Waals surface area contributed by atoms with Crippen LogP contribution >= 0.6 is 11.9 Å². The molecule has 2 aromatic rings. The number of amidine groups is 1. The quantitative estimate of drug-likeness (QED) is 0.147. The van der Waals surface area contributed by atoms with Crippen LogP contribution in [0.5, 0.6) is 5.75 Å². The van der Waals surface area contributed by atoms with Gasteiger partial charge < -0.3 is 45.6 Å². The van der Waals surface area contributed by atoms with Gasteiger partial charge in [0.15, 0.2) is 11.6 Å². The molecular weight excluding hydrogens is 654 g/mol. The Labute approximate surface area is 279 Å². The summed E-state index contributed by atoms with van der Waals surface area (Å²) in [6.45, 7) is 4.63. The number of piperidine rings is 2. The molecule has 16 heteroatoms. The second-order valence-corrected chi connectivity index (χ2v) is 13.4. The van der Waals surface area contributed by atoms with Gasteiger partial charge in [0.2, 0.25) is 0 Å². The van der Waals surface area contributed by atoms with E-state index < -0.39 is 41.3 Å². The molecule has 7 N–H and O–H groups in total. The fourth-order valence-corrected chi connectivity index (χ4v) is 6.65. The van der Waals surface area contributed by atoms with Gasteiger partial charge in [-0.15, -0.1) is 0 Å². The summed E-state index contributed by atoms with van der Waals surface area (Å²) in [7, 11) is 0. The molecule has 13 nitrogen and oxygen atoms in total. The van der Waals surface area contributed by atoms with Crippen LogP contribution in [0.15, 0.2) is 40.7 Å². The third kappa shape index (κ3) is 7.40. The van der Waals surface area contributed by atoms with Crippen LogP contribution in [0.2, 0.25) is 0 Å². The Balaban J connectivity index is 1.19. The Morgan fingerprint density at radius 3 is 2.25 bits per heavy atom. The SMILES string of the molecule is Cc1cc(C(=O)N2CCC(O)(CF)CC2)cc(C)c1/C=C/SN1CCC2(CC1)N=C(c1ccc(F)c(OC(O)(O)C(O)(O)O)c1)NC2=O. The number of hydrogen-bond acceptors (Lipinski definition) is 12. The summed E-state index contributed by atoms with van der Waals surface area (Å²) >= 11 is 1.47. The van der Waals surface area contributed by atoms with Gasteiger partial charge in [-0.2, -0.15) is 0 Å². The van der Waals surface area contributed by atoms with Gasteiger partial charge in [0.25, 0.3) is 11.8 Å². The van der Waals surface area contributed by atoms with E-state index in [9.17, 15) is 33.7 Å². The minimum absolute atomic E-state index is 0.0880. The first-order chi connectivity index (χ1) is 22.5. The molecule has 0 saturated carbocycles. The van der Waals surface area contributed by atoms with Crippen molar-refractivity contribution in [1.29, 1.82) is 0 Å². The van der Waals surface area contributed by atoms with Crippen molar-refractivity contribution in [3.63, 3.8) is 0 Å². The van der Waals surface area contributed by atoms with Crippen LogP contribution in [0.4, 0.5) is 8.78 Å². The third-order valence-electron chi connectivity index (χ3n) is 8.94. The number of likely N-dealkylation sites (tertiary alicyclic amines) is 1. The van der Waals surface area contributed by atoms with Crippen molar-refractivity contribution in [3.05, 3.63) is 69.4 Å². The molecule has 0 bridgehead atoms. The van der Waals surface area contributed by atoms with Crippen molar-refractivity contribution in [2.24, 2.45) is 4.99 Å². The van der Waals surface area contributed by atoms with E-state index in [-0.39, 0.29) is 36.1 Å². The van der Waals surface area contributed by atoms with Crippen LogP contribution in [0.1, 0.15) is 58.3 Å². The number of nitrogens with one attached hydrogen (secondary N) is 1. The Hall–Kier alpha value is -3.48. The van der Waals surface area contributed by atoms with Crippen molar-refractivity contribution < 1.29 is 53.7 Å². The Morgan fingerprint density at radius 2 is 1.67 bits per heavy atom. The number of benzene rings is 2. The minimum Gasteiger partial charge on any atom is -0.430 e. The summed E-state index contributed by atoms with van der Waals surface area (Å²) in [6, 6.07) is 6.77. The van der Waals surface area contributed by atoms with Crippen LogP contribution in [0.25, 0.3) is 6.08 Å². The van der Waals surface area contributed by atoms with Crippen LogP contribution in [-0.4, -0.2) is 113 Å². The maximum absolute atomic E-state index is 14.3. The number of alkyl halides is 1. The number of aryl methyl sites for hydroxylation is 2. The van der Waals surface area contributed by atoms with E-state index in [2.05, 4.69) is 19.4 Å². The number of carbonyl (C=O) groups is 2. The summed E-state index contributed by atoms with van der Waals surface area (Å²) in [5, 5.41) is 61.1. The van der Waals surface area contributed by atoms with Gasteiger partial charge in [0.05, 0.1) is 5.60 Å². The van der Waals surface area contributed by atoms with Gasteiger partial charge >= 0.3 is 11.9 Å². The zero-order chi connectivity index (χ0) is 35.1. The average molecular weight is 693 g/mol. The van der Waals surface area contributed by atoms with Crippen LogP contribution in [0.3, 0.4) is 0 Å². The first-order valence-corrected chi connectivity index (χ1v) is 16.1. The lowest BCUT2D eigenvalue weighted by molar-refractivity contribution is -0.502. The summed E-state index contributed by atoms with van der Waals surface area (Å²) in [5.41, 5.74) is 1.04. The zero-order valence-corrected chi connectivity index (χ0v) is 27.1. The molecule has 2 aromatic carbocycles. The summed E-state index contributed by atoms with van der Waals surface area (Å²) in [6.07, 6.45) is 3.12. The smallest absolute Gasteiger partial charge is 0.409 e. The number of halogens is 2. The van der Waals surface area contributed by atoms with Crippen molar-refractivity contribution in [3.8, 4) is 5.75 Å². The molecule has 3 aliphatic heterocycles. The number of amides is 2. The van der Waals surface area contributed by atoms with Crippen LogP contribution < -0.4 is 10.1 Å². The predicted molar refractivity (Wildman–Crippen MR) is 170 cm³/mol. The lowest BCUT2D eigenvalue weighted by atomic mass is 9.89. The highest BCUT2D eigenvalue weighted by Crippen LogP contribution is 2.35. The number of nitrogens with zero attached hydrogens (tertiary/aromatic N) is 3. The van der Waals surface area contributed by atoms with E-state index in [1.165, 1.54) is 18.0 Å². The lowest BCUT2D eigenvalue weighted by Crippen LogP contribution is -2.58. The number of aliphatic imine (C=N–C) groups is 1. The van der Waals surface area contributed by atoms with Crippen molar-refractivity contribution in [2.75, 3.05) is 32.9 Å². The second-order valence-electron chi connectivity index (χ2n) is 12.4. The Kier molecular flexibility index (Phi) is 10.0. The Bertz CT molecular complexity index is 1610. The summed E-state index contributed by atoms with van der Waals surface area (Å²) < 4.78 is 33.9. The average Bonchev–Trinajstić information content (AvgIpc) is 3.34. The van der Waals surface area contributed by atoms with Crippen molar-refractivity contribution >= 4 is 35.7 Å². The number of aliphatic hydroxyl groups is 6. The summed E-state index contributed by atoms with van der Waals surface area (Å²) in [5.74, 6) is -10.5. The topological polar surface area (TPSA) is 196 Å². The van der Waals surface area contributed by atoms with Crippen molar-refractivity contribution in [2.45, 2.75) is 62.6 Å². The number of carbonyl (C=O) groups excluding carboxylic acids is 2. The first-order valence-electron chi connectivity index (χ1n) is 15.3. The van der Waals surface area contributed by atoms with Gasteiger partial charge in [0, 0.05) is 37.3 Å². The fraction of sp³-hybridized carbons (Fsp3) is 0.469. The van der Waals surface area contributed by atoms with Crippen LogP contribution in [-0.2, 0) is 4.79 Å². The maximum atomic E-state index is 14.3. The van der Waals surface area contributed by atoms with Gasteiger partial charge in [-0.25, -0.2) is 13.1 Å². The van der Waals surface area contributed by atoms with E-state index in [0.717, 1.165) is 28.8 Å². The molecule has 5 rings (SSSR count). The van der Waals surface area contributed by atoms with E-state index in [1.807, 2.05) is 37.5 Å². The molecule has 0 unspecified atom stereocenters. The van der Waals surface area contributed by atoms with Crippen LogP contribution in [0, 0.1) is 19.7 Å². The lowest BCUT2D eigenvalue weighted by Gasteiger charge is -2.36. The predicted octanol–water partition coefficient (Wildman–Crippen LogP) is 1.06. The molecule has 0 atom stereocenters. The molecule has 2 amide bonds. The van der Waals surface area contributed by atoms with E-state index in [0.29, 0.717) is 44.6 Å². The highest BCUT2D eigenvalue weighted by molar-refractivity contribution is 8.00. The number of ether oxygens (including phenoxy) is 1. The molecule has 0 aliphatic carbocycles. The molecular formula is C32H38F2N4O9S. The third-order valence-corrected chi connectivity index (χ3v) is 9.86. The van der Waals surface area contributed by atoms with Crippen molar-refractivity contribution in [1.82, 2.24) is 14.5 Å². The normalized spacial score (nSPS) is 19.9. The maximum Gasteiger partial charge on any atom is 0.409 e. The largest absolute Gasteiger partial charge is 0.430 e. The van der Waals surface area contributed by atoms with E-state index in [4.69, 9.17) is 15.3 Å². The van der Waals surface area contributed by atoms with E-state index >= 15 is 0 Å². The molecule has 260 valence electrons. The molecule has 3 heterocycles. The van der Waals surface area contributed by atoms with Gasteiger partial charge in [0.1, 0.15) is 18.0 Å².